The lowest BCUT2D eigenvalue weighted by Gasteiger charge is -2.09. The van der Waals surface area contributed by atoms with E-state index in [2.05, 4.69) is 13.2 Å². The lowest BCUT2D eigenvalue weighted by molar-refractivity contribution is -0.144. The molecule has 2 fully saturated rings. The van der Waals surface area contributed by atoms with Crippen LogP contribution in [-0.2, 0) is 38.0 Å². The van der Waals surface area contributed by atoms with E-state index in [4.69, 9.17) is 28.4 Å². The van der Waals surface area contributed by atoms with E-state index in [0.29, 0.717) is 39.3 Å². The first-order valence-corrected chi connectivity index (χ1v) is 13.7. The molecule has 206 valence electrons. The molecule has 8 nitrogen and oxygen atoms in total. The van der Waals surface area contributed by atoms with Crippen LogP contribution in [0.2, 0.25) is 0 Å². The molecule has 2 aliphatic rings. The van der Waals surface area contributed by atoms with E-state index in [-0.39, 0.29) is 36.7 Å². The molecular weight excluding hydrogens is 464 g/mol. The van der Waals surface area contributed by atoms with Gasteiger partial charge in [0.1, 0.15) is 0 Å². The molecule has 2 heterocycles. The van der Waals surface area contributed by atoms with E-state index in [1.54, 1.807) is 12.2 Å². The van der Waals surface area contributed by atoms with Gasteiger partial charge in [-0.15, -0.1) is 0 Å². The van der Waals surface area contributed by atoms with Gasteiger partial charge in [-0.2, -0.15) is 0 Å². The first kappa shape index (κ1) is 30.5. The lowest BCUT2D eigenvalue weighted by atomic mass is 10.1. The van der Waals surface area contributed by atoms with Crippen LogP contribution in [0.1, 0.15) is 89.9 Å². The Morgan fingerprint density at radius 3 is 1.44 bits per heavy atom. The Bertz CT molecular complexity index is 583. The van der Waals surface area contributed by atoms with Gasteiger partial charge in [-0.25, -0.2) is 0 Å². The summed E-state index contributed by atoms with van der Waals surface area (Å²) in [7, 11) is 0. The van der Waals surface area contributed by atoms with Gasteiger partial charge in [0.2, 0.25) is 0 Å². The van der Waals surface area contributed by atoms with Crippen LogP contribution in [0.4, 0.5) is 0 Å². The maximum Gasteiger partial charge on any atom is 0.305 e. The second-order valence-corrected chi connectivity index (χ2v) is 9.44. The van der Waals surface area contributed by atoms with Gasteiger partial charge in [-0.3, -0.25) is 9.59 Å². The summed E-state index contributed by atoms with van der Waals surface area (Å²) >= 11 is 0. The van der Waals surface area contributed by atoms with Crippen molar-refractivity contribution in [1.29, 1.82) is 0 Å². The van der Waals surface area contributed by atoms with Crippen molar-refractivity contribution in [3.05, 3.63) is 25.3 Å². The Kier molecular flexibility index (Phi) is 16.4. The zero-order chi connectivity index (χ0) is 25.8. The fraction of sp³-hybridized carbons (Fsp3) is 0.786. The van der Waals surface area contributed by atoms with E-state index in [9.17, 15) is 9.59 Å². The Hall–Kier alpha value is -1.74. The minimum Gasteiger partial charge on any atom is -0.466 e. The second kappa shape index (κ2) is 19.4. The smallest absolute Gasteiger partial charge is 0.305 e. The highest BCUT2D eigenvalue weighted by molar-refractivity contribution is 5.69. The van der Waals surface area contributed by atoms with Crippen molar-refractivity contribution in [2.45, 2.75) is 115 Å². The average Bonchev–Trinajstić information content (AvgIpc) is 3.54. The van der Waals surface area contributed by atoms with Gasteiger partial charge in [0.05, 0.1) is 38.6 Å². The predicted octanol–water partition coefficient (Wildman–Crippen LogP) is 5.39. The van der Waals surface area contributed by atoms with Crippen LogP contribution in [0.3, 0.4) is 0 Å². The number of esters is 2. The van der Waals surface area contributed by atoms with E-state index < -0.39 is 0 Å². The number of unbranched alkanes of at least 4 members (excludes halogenated alkanes) is 7. The van der Waals surface area contributed by atoms with Gasteiger partial charge in [-0.05, 0) is 63.5 Å². The lowest BCUT2D eigenvalue weighted by Crippen LogP contribution is -2.11. The molecule has 0 N–H and O–H groups in total. The molecule has 36 heavy (non-hydrogen) atoms. The summed E-state index contributed by atoms with van der Waals surface area (Å²) < 4.78 is 32.6. The third kappa shape index (κ3) is 14.1. The summed E-state index contributed by atoms with van der Waals surface area (Å²) in [5, 5.41) is 0. The van der Waals surface area contributed by atoms with E-state index in [1.807, 2.05) is 0 Å². The van der Waals surface area contributed by atoms with Gasteiger partial charge >= 0.3 is 11.9 Å². The van der Waals surface area contributed by atoms with E-state index in [0.717, 1.165) is 77.0 Å². The maximum atomic E-state index is 11.8. The summed E-state index contributed by atoms with van der Waals surface area (Å²) in [6.07, 6.45) is 15.2. The molecule has 0 saturated carbocycles. The number of rotatable bonds is 21. The van der Waals surface area contributed by atoms with Crippen molar-refractivity contribution in [3.63, 3.8) is 0 Å². The number of carbonyl (C=O) groups is 2. The standard InChI is InChI=1S/C28H46O8/c1-3-27-33-21-23(35-27)15-11-13-19-31-25(29)17-9-7-5-6-8-10-18-26(30)32-20-14-12-16-24-22-34-28(4-2)36-24/h3-4,23-24,27-28H,1-2,5-22H2. The third-order valence-electron chi connectivity index (χ3n) is 6.31. The van der Waals surface area contributed by atoms with Gasteiger partial charge in [0, 0.05) is 12.8 Å². The Labute approximate surface area is 216 Å². The molecule has 8 heteroatoms. The van der Waals surface area contributed by atoms with Crippen LogP contribution in [0.15, 0.2) is 25.3 Å². The largest absolute Gasteiger partial charge is 0.466 e. The fourth-order valence-corrected chi connectivity index (χ4v) is 4.20. The third-order valence-corrected chi connectivity index (χ3v) is 6.31. The molecule has 4 atom stereocenters. The molecule has 2 aliphatic heterocycles. The molecule has 0 aromatic carbocycles. The van der Waals surface area contributed by atoms with Crippen molar-refractivity contribution in [2.75, 3.05) is 26.4 Å². The topological polar surface area (TPSA) is 89.5 Å². The van der Waals surface area contributed by atoms with Crippen LogP contribution < -0.4 is 0 Å². The van der Waals surface area contributed by atoms with Crippen molar-refractivity contribution < 1.29 is 38.0 Å². The highest BCUT2D eigenvalue weighted by Crippen LogP contribution is 2.18. The number of carbonyl (C=O) groups excluding carboxylic acids is 2. The molecule has 0 aliphatic carbocycles. The molecule has 0 aromatic heterocycles. The first-order valence-electron chi connectivity index (χ1n) is 13.7. The van der Waals surface area contributed by atoms with Crippen molar-refractivity contribution >= 4 is 11.9 Å². The number of hydrogen-bond acceptors (Lipinski definition) is 8. The molecule has 4 unspecified atom stereocenters. The quantitative estimate of drug-likeness (QED) is 0.115. The van der Waals surface area contributed by atoms with Crippen LogP contribution in [0.25, 0.3) is 0 Å². The molecular formula is C28H46O8. The summed E-state index contributed by atoms with van der Waals surface area (Å²) in [6.45, 7) is 9.45. The van der Waals surface area contributed by atoms with Crippen LogP contribution in [-0.4, -0.2) is 63.2 Å². The molecule has 0 aromatic rings. The monoisotopic (exact) mass is 510 g/mol. The van der Waals surface area contributed by atoms with Crippen molar-refractivity contribution in [1.82, 2.24) is 0 Å². The van der Waals surface area contributed by atoms with Gasteiger partial charge in [-0.1, -0.05) is 38.8 Å². The van der Waals surface area contributed by atoms with Crippen LogP contribution in [0, 0.1) is 0 Å². The van der Waals surface area contributed by atoms with Gasteiger partial charge < -0.3 is 28.4 Å². The van der Waals surface area contributed by atoms with E-state index in [1.165, 1.54) is 0 Å². The molecule has 0 bridgehead atoms. The maximum absolute atomic E-state index is 11.8. The summed E-state index contributed by atoms with van der Waals surface area (Å²) in [6, 6.07) is 0. The minimum absolute atomic E-state index is 0.115. The average molecular weight is 511 g/mol. The molecule has 2 saturated heterocycles. The minimum atomic E-state index is -0.282. The summed E-state index contributed by atoms with van der Waals surface area (Å²) in [4.78, 5) is 23.7. The summed E-state index contributed by atoms with van der Waals surface area (Å²) in [5.74, 6) is -0.232. The Morgan fingerprint density at radius 1 is 0.639 bits per heavy atom. The van der Waals surface area contributed by atoms with Gasteiger partial charge in [0.15, 0.2) is 12.6 Å². The second-order valence-electron chi connectivity index (χ2n) is 9.44. The normalized spacial score (nSPS) is 23.4. The number of hydrogen-bond donors (Lipinski definition) is 0. The highest BCUT2D eigenvalue weighted by Gasteiger charge is 2.23. The Morgan fingerprint density at radius 2 is 1.06 bits per heavy atom. The zero-order valence-corrected chi connectivity index (χ0v) is 21.9. The fourth-order valence-electron chi connectivity index (χ4n) is 4.20. The zero-order valence-electron chi connectivity index (χ0n) is 21.9. The predicted molar refractivity (Wildman–Crippen MR) is 136 cm³/mol. The molecule has 0 amide bonds. The molecule has 2 rings (SSSR count). The first-order chi connectivity index (χ1) is 17.6. The number of ether oxygens (including phenoxy) is 6. The van der Waals surface area contributed by atoms with Gasteiger partial charge in [0.25, 0.3) is 0 Å². The SMILES string of the molecule is C=CC1OCC(CCCCOC(=O)CCCCCCCCC(=O)OCCCCC2COC(C=C)O2)O1. The van der Waals surface area contributed by atoms with E-state index >= 15 is 0 Å². The van der Waals surface area contributed by atoms with Crippen LogP contribution in [0.5, 0.6) is 0 Å². The highest BCUT2D eigenvalue weighted by atomic mass is 16.7. The Balaban J connectivity index is 1.28. The van der Waals surface area contributed by atoms with Crippen molar-refractivity contribution in [3.8, 4) is 0 Å². The summed E-state index contributed by atoms with van der Waals surface area (Å²) in [5.41, 5.74) is 0. The van der Waals surface area contributed by atoms with Crippen molar-refractivity contribution in [2.24, 2.45) is 0 Å². The molecule has 0 radical (unpaired) electrons. The van der Waals surface area contributed by atoms with Crippen LogP contribution >= 0.6 is 0 Å². The molecule has 0 spiro atoms.